The lowest BCUT2D eigenvalue weighted by atomic mass is 10.0. The van der Waals surface area contributed by atoms with E-state index < -0.39 is 6.10 Å². The van der Waals surface area contributed by atoms with E-state index in [4.69, 9.17) is 9.47 Å². The molecule has 2 heterocycles. The number of aliphatic hydroxyl groups is 1. The highest BCUT2D eigenvalue weighted by molar-refractivity contribution is 5.43. The first-order chi connectivity index (χ1) is 11.1. The Hall–Kier alpha value is -2.34. The zero-order chi connectivity index (χ0) is 16.4. The van der Waals surface area contributed by atoms with Crippen LogP contribution in [0.1, 0.15) is 23.7 Å². The summed E-state index contributed by atoms with van der Waals surface area (Å²) in [6.07, 6.45) is 0.216. The van der Waals surface area contributed by atoms with Crippen LogP contribution in [0, 0.1) is 6.92 Å². The molecule has 23 heavy (non-hydrogen) atoms. The number of aromatic nitrogens is 2. The highest BCUT2D eigenvalue weighted by Gasteiger charge is 2.34. The van der Waals surface area contributed by atoms with Gasteiger partial charge in [0, 0.05) is 18.3 Å². The van der Waals surface area contributed by atoms with Crippen molar-refractivity contribution in [3.63, 3.8) is 0 Å². The first-order valence-corrected chi connectivity index (χ1v) is 7.59. The molecule has 0 aliphatic carbocycles. The Morgan fingerprint density at radius 3 is 2.74 bits per heavy atom. The second kappa shape index (κ2) is 6.42. The molecule has 6 nitrogen and oxygen atoms in total. The van der Waals surface area contributed by atoms with Crippen LogP contribution in [0.5, 0.6) is 11.6 Å². The summed E-state index contributed by atoms with van der Waals surface area (Å²) in [4.78, 5) is 11.0. The average molecular weight is 315 g/mol. The summed E-state index contributed by atoms with van der Waals surface area (Å²) in [5.41, 5.74) is 1.91. The van der Waals surface area contributed by atoms with Gasteiger partial charge in [-0.15, -0.1) is 0 Å². The first kappa shape index (κ1) is 15.6. The molecule has 0 radical (unpaired) electrons. The fourth-order valence-electron chi connectivity index (χ4n) is 2.96. The maximum Gasteiger partial charge on any atom is 0.229 e. The number of ether oxygens (including phenoxy) is 2. The lowest BCUT2D eigenvalue weighted by molar-refractivity contribution is 0.194. The van der Waals surface area contributed by atoms with Gasteiger partial charge in [0.25, 0.3) is 0 Å². The van der Waals surface area contributed by atoms with Gasteiger partial charge in [-0.3, -0.25) is 0 Å². The van der Waals surface area contributed by atoms with Crippen molar-refractivity contribution >= 4 is 5.95 Å². The van der Waals surface area contributed by atoms with Crippen LogP contribution in [0.4, 0.5) is 5.95 Å². The molecule has 1 saturated heterocycles. The number of β-amino-alcohol motifs (C(OH)–C–C–N with tert-alkyl or cyclic N) is 1. The van der Waals surface area contributed by atoms with Crippen LogP contribution in [0.2, 0.25) is 0 Å². The SMILES string of the molecule is COc1cccc([C@@H]2C[C@@H](O)CN2c2nc(C)cc(OC)n2)c1. The quantitative estimate of drug-likeness (QED) is 0.932. The molecule has 6 heteroatoms. The molecule has 122 valence electrons. The number of benzene rings is 1. The summed E-state index contributed by atoms with van der Waals surface area (Å²) < 4.78 is 10.5. The largest absolute Gasteiger partial charge is 0.497 e. The van der Waals surface area contributed by atoms with Crippen molar-refractivity contribution in [3.8, 4) is 11.6 Å². The van der Waals surface area contributed by atoms with Gasteiger partial charge in [0.15, 0.2) is 0 Å². The Balaban J connectivity index is 1.98. The van der Waals surface area contributed by atoms with Crippen LogP contribution in [0.3, 0.4) is 0 Å². The van der Waals surface area contributed by atoms with E-state index in [0.29, 0.717) is 24.8 Å². The molecule has 1 aliphatic heterocycles. The summed E-state index contributed by atoms with van der Waals surface area (Å²) in [7, 11) is 3.23. The summed E-state index contributed by atoms with van der Waals surface area (Å²) in [6, 6.07) is 9.68. The Morgan fingerprint density at radius 2 is 2.00 bits per heavy atom. The number of nitrogens with zero attached hydrogens (tertiary/aromatic N) is 3. The summed E-state index contributed by atoms with van der Waals surface area (Å²) >= 11 is 0. The molecule has 0 unspecified atom stereocenters. The van der Waals surface area contributed by atoms with Gasteiger partial charge < -0.3 is 19.5 Å². The zero-order valence-corrected chi connectivity index (χ0v) is 13.6. The maximum absolute atomic E-state index is 10.2. The predicted octanol–water partition coefficient (Wildman–Crippen LogP) is 2.11. The molecule has 1 N–H and O–H groups in total. The fraction of sp³-hybridized carbons (Fsp3) is 0.412. The Kier molecular flexibility index (Phi) is 4.34. The second-order valence-electron chi connectivity index (χ2n) is 5.69. The number of hydrogen-bond acceptors (Lipinski definition) is 6. The number of methoxy groups -OCH3 is 2. The summed E-state index contributed by atoms with van der Waals surface area (Å²) in [6.45, 7) is 2.40. The van der Waals surface area contributed by atoms with Gasteiger partial charge >= 0.3 is 0 Å². The average Bonchev–Trinajstić information content (AvgIpc) is 2.96. The molecular weight excluding hydrogens is 294 g/mol. The molecule has 0 saturated carbocycles. The highest BCUT2D eigenvalue weighted by atomic mass is 16.5. The van der Waals surface area contributed by atoms with Crippen LogP contribution in [0.25, 0.3) is 0 Å². The number of aliphatic hydroxyl groups excluding tert-OH is 1. The minimum absolute atomic E-state index is 0.00612. The molecule has 0 amide bonds. The smallest absolute Gasteiger partial charge is 0.229 e. The van der Waals surface area contributed by atoms with Crippen molar-refractivity contribution in [3.05, 3.63) is 41.6 Å². The van der Waals surface area contributed by atoms with Gasteiger partial charge in [-0.25, -0.2) is 4.98 Å². The van der Waals surface area contributed by atoms with Crippen molar-refractivity contribution in [1.29, 1.82) is 0 Å². The van der Waals surface area contributed by atoms with Crippen molar-refractivity contribution in [2.75, 3.05) is 25.7 Å². The molecule has 3 rings (SSSR count). The van der Waals surface area contributed by atoms with Crippen molar-refractivity contribution in [2.24, 2.45) is 0 Å². The van der Waals surface area contributed by atoms with Gasteiger partial charge in [-0.1, -0.05) is 12.1 Å². The number of anilines is 1. The molecule has 1 fully saturated rings. The molecule has 0 bridgehead atoms. The van der Waals surface area contributed by atoms with E-state index in [1.165, 1.54) is 0 Å². The lowest BCUT2D eigenvalue weighted by Crippen LogP contribution is -2.26. The minimum Gasteiger partial charge on any atom is -0.497 e. The van der Waals surface area contributed by atoms with Crippen molar-refractivity contribution < 1.29 is 14.6 Å². The molecule has 1 aromatic heterocycles. The third kappa shape index (κ3) is 3.22. The van der Waals surface area contributed by atoms with Crippen LogP contribution < -0.4 is 14.4 Å². The third-order valence-corrected chi connectivity index (χ3v) is 4.04. The molecule has 2 aromatic rings. The fourth-order valence-corrected chi connectivity index (χ4v) is 2.96. The summed E-state index contributed by atoms with van der Waals surface area (Å²) in [5, 5.41) is 10.2. The Morgan fingerprint density at radius 1 is 1.17 bits per heavy atom. The van der Waals surface area contributed by atoms with E-state index in [-0.39, 0.29) is 6.04 Å². The van der Waals surface area contributed by atoms with Crippen molar-refractivity contribution in [1.82, 2.24) is 9.97 Å². The van der Waals surface area contributed by atoms with Crippen LogP contribution in [-0.4, -0.2) is 41.9 Å². The maximum atomic E-state index is 10.2. The number of aryl methyl sites for hydroxylation is 1. The van der Waals surface area contributed by atoms with Gasteiger partial charge in [-0.05, 0) is 31.0 Å². The van der Waals surface area contributed by atoms with Crippen molar-refractivity contribution in [2.45, 2.75) is 25.5 Å². The number of hydrogen-bond donors (Lipinski definition) is 1. The molecule has 1 aliphatic rings. The van der Waals surface area contributed by atoms with Gasteiger partial charge in [0.05, 0.1) is 26.4 Å². The van der Waals surface area contributed by atoms with E-state index >= 15 is 0 Å². The van der Waals surface area contributed by atoms with Crippen LogP contribution in [-0.2, 0) is 0 Å². The monoisotopic (exact) mass is 315 g/mol. The standard InChI is InChI=1S/C17H21N3O3/c1-11-7-16(23-3)19-17(18-11)20-10-13(21)9-15(20)12-5-4-6-14(8-12)22-2/h4-8,13,15,21H,9-10H2,1-3H3/t13-,15+/m1/s1. The lowest BCUT2D eigenvalue weighted by Gasteiger charge is -2.25. The predicted molar refractivity (Wildman–Crippen MR) is 87.0 cm³/mol. The van der Waals surface area contributed by atoms with Gasteiger partial charge in [0.1, 0.15) is 5.75 Å². The third-order valence-electron chi connectivity index (χ3n) is 4.04. The highest BCUT2D eigenvalue weighted by Crippen LogP contribution is 2.36. The van der Waals surface area contributed by atoms with E-state index in [1.807, 2.05) is 36.1 Å². The normalized spacial score (nSPS) is 20.6. The van der Waals surface area contributed by atoms with E-state index in [1.54, 1.807) is 20.3 Å². The molecule has 0 spiro atoms. The van der Waals surface area contributed by atoms with Crippen LogP contribution in [0.15, 0.2) is 30.3 Å². The number of rotatable bonds is 4. The Bertz CT molecular complexity index is 693. The van der Waals surface area contributed by atoms with Gasteiger partial charge in [-0.2, -0.15) is 4.98 Å². The first-order valence-electron chi connectivity index (χ1n) is 7.59. The van der Waals surface area contributed by atoms with E-state index in [0.717, 1.165) is 17.0 Å². The minimum atomic E-state index is -0.415. The van der Waals surface area contributed by atoms with Gasteiger partial charge in [0.2, 0.25) is 11.8 Å². The molecule has 2 atom stereocenters. The van der Waals surface area contributed by atoms with E-state index in [2.05, 4.69) is 9.97 Å². The zero-order valence-electron chi connectivity index (χ0n) is 13.6. The summed E-state index contributed by atoms with van der Waals surface area (Å²) in [5.74, 6) is 1.90. The van der Waals surface area contributed by atoms with Crippen LogP contribution >= 0.6 is 0 Å². The second-order valence-corrected chi connectivity index (χ2v) is 5.69. The molecule has 1 aromatic carbocycles. The van der Waals surface area contributed by atoms with E-state index in [9.17, 15) is 5.11 Å². The topological polar surface area (TPSA) is 67.7 Å². The Labute approximate surface area is 135 Å². The molecular formula is C17H21N3O3.